The number of anilines is 1. The summed E-state index contributed by atoms with van der Waals surface area (Å²) in [6.45, 7) is 9.24. The molecule has 0 aliphatic heterocycles. The Hall–Kier alpha value is -1.32. The van der Waals surface area contributed by atoms with Crippen LogP contribution in [-0.2, 0) is 0 Å². The number of aromatic nitrogens is 2. The Labute approximate surface area is 90.3 Å². The van der Waals surface area contributed by atoms with Gasteiger partial charge in [0.2, 0.25) is 0 Å². The molecule has 0 amide bonds. The highest BCUT2D eigenvalue weighted by molar-refractivity contribution is 5.36. The summed E-state index contributed by atoms with van der Waals surface area (Å²) in [5.74, 6) is 1.02. The van der Waals surface area contributed by atoms with Gasteiger partial charge in [-0.25, -0.2) is 4.98 Å². The summed E-state index contributed by atoms with van der Waals surface area (Å²) in [5, 5.41) is 0. The van der Waals surface area contributed by atoms with Gasteiger partial charge < -0.3 is 9.88 Å². The van der Waals surface area contributed by atoms with Crippen LogP contribution in [0.1, 0.15) is 27.7 Å². The van der Waals surface area contributed by atoms with Crippen LogP contribution in [0.15, 0.2) is 17.2 Å². The lowest BCUT2D eigenvalue weighted by molar-refractivity contribution is 0.563. The number of hydrogen-bond acceptors (Lipinski definition) is 3. The highest BCUT2D eigenvalue weighted by atomic mass is 16.1. The van der Waals surface area contributed by atoms with Crippen LogP contribution in [0.2, 0.25) is 0 Å². The zero-order valence-corrected chi connectivity index (χ0v) is 9.82. The number of H-pyrrole nitrogens is 1. The van der Waals surface area contributed by atoms with E-state index in [-0.39, 0.29) is 11.6 Å². The molecular weight excluding hydrogens is 190 g/mol. The van der Waals surface area contributed by atoms with Crippen molar-refractivity contribution in [3.05, 3.63) is 22.7 Å². The smallest absolute Gasteiger partial charge is 0.290 e. The molecule has 0 atom stereocenters. The van der Waals surface area contributed by atoms with Crippen molar-refractivity contribution < 1.29 is 0 Å². The maximum atomic E-state index is 11.6. The van der Waals surface area contributed by atoms with Crippen LogP contribution in [0.5, 0.6) is 0 Å². The first-order chi connectivity index (χ1) is 7.02. The summed E-state index contributed by atoms with van der Waals surface area (Å²) >= 11 is 0. The van der Waals surface area contributed by atoms with E-state index in [2.05, 4.69) is 37.7 Å². The third-order valence-electron chi connectivity index (χ3n) is 2.15. The zero-order valence-electron chi connectivity index (χ0n) is 9.82. The first-order valence-electron chi connectivity index (χ1n) is 5.32. The molecule has 0 aliphatic rings. The van der Waals surface area contributed by atoms with Gasteiger partial charge in [0.15, 0.2) is 5.82 Å². The van der Waals surface area contributed by atoms with E-state index in [9.17, 15) is 4.79 Å². The van der Waals surface area contributed by atoms with Gasteiger partial charge in [-0.15, -0.1) is 0 Å². The van der Waals surface area contributed by atoms with Crippen molar-refractivity contribution in [2.24, 2.45) is 5.92 Å². The van der Waals surface area contributed by atoms with Crippen molar-refractivity contribution in [2.45, 2.75) is 33.7 Å². The van der Waals surface area contributed by atoms with Gasteiger partial charge in [0, 0.05) is 25.0 Å². The Bertz CT molecular complexity index is 357. The Morgan fingerprint density at radius 3 is 2.53 bits per heavy atom. The predicted octanol–water partition coefficient (Wildman–Crippen LogP) is 1.64. The van der Waals surface area contributed by atoms with Gasteiger partial charge in [0.25, 0.3) is 5.56 Å². The van der Waals surface area contributed by atoms with Crippen molar-refractivity contribution in [3.8, 4) is 0 Å². The fraction of sp³-hybridized carbons (Fsp3) is 0.636. The van der Waals surface area contributed by atoms with E-state index in [0.717, 1.165) is 6.54 Å². The molecule has 0 fully saturated rings. The molecule has 15 heavy (non-hydrogen) atoms. The van der Waals surface area contributed by atoms with Crippen LogP contribution in [-0.4, -0.2) is 22.6 Å². The van der Waals surface area contributed by atoms with E-state index in [1.54, 1.807) is 12.4 Å². The number of hydrogen-bond donors (Lipinski definition) is 1. The van der Waals surface area contributed by atoms with Gasteiger partial charge in [-0.2, -0.15) is 0 Å². The Balaban J connectivity index is 2.99. The fourth-order valence-corrected chi connectivity index (χ4v) is 1.48. The van der Waals surface area contributed by atoms with Gasteiger partial charge in [-0.1, -0.05) is 13.8 Å². The van der Waals surface area contributed by atoms with Crippen LogP contribution in [0.25, 0.3) is 0 Å². The summed E-state index contributed by atoms with van der Waals surface area (Å²) in [6.07, 6.45) is 3.17. The lowest BCUT2D eigenvalue weighted by atomic mass is 10.2. The Morgan fingerprint density at radius 2 is 2.07 bits per heavy atom. The highest BCUT2D eigenvalue weighted by Crippen LogP contribution is 2.10. The lowest BCUT2D eigenvalue weighted by Gasteiger charge is -2.28. The highest BCUT2D eigenvalue weighted by Gasteiger charge is 2.15. The monoisotopic (exact) mass is 209 g/mol. The average Bonchev–Trinajstić information content (AvgIpc) is 2.15. The molecule has 4 heteroatoms. The largest absolute Gasteiger partial charge is 0.349 e. The van der Waals surface area contributed by atoms with Crippen LogP contribution >= 0.6 is 0 Å². The Morgan fingerprint density at radius 1 is 1.40 bits per heavy atom. The van der Waals surface area contributed by atoms with E-state index in [4.69, 9.17) is 0 Å². The third kappa shape index (κ3) is 3.08. The lowest BCUT2D eigenvalue weighted by Crippen LogP contribution is -2.38. The normalized spacial score (nSPS) is 11.1. The van der Waals surface area contributed by atoms with Crippen molar-refractivity contribution in [1.29, 1.82) is 0 Å². The number of nitrogens with one attached hydrogen (secondary N) is 1. The van der Waals surface area contributed by atoms with E-state index < -0.39 is 0 Å². The average molecular weight is 209 g/mol. The fourth-order valence-electron chi connectivity index (χ4n) is 1.48. The SMILES string of the molecule is CC(C)CN(c1ncc[nH]c1=O)C(C)C. The second-order valence-corrected chi connectivity index (χ2v) is 4.38. The molecule has 1 aromatic heterocycles. The quantitative estimate of drug-likeness (QED) is 0.820. The van der Waals surface area contributed by atoms with Gasteiger partial charge >= 0.3 is 0 Å². The molecule has 84 valence electrons. The van der Waals surface area contributed by atoms with Crippen molar-refractivity contribution in [1.82, 2.24) is 9.97 Å². The molecule has 0 unspecified atom stereocenters. The molecule has 0 bridgehead atoms. The summed E-state index contributed by atoms with van der Waals surface area (Å²) in [6, 6.07) is 0.281. The molecule has 4 nitrogen and oxygen atoms in total. The van der Waals surface area contributed by atoms with E-state index in [0.29, 0.717) is 11.7 Å². The van der Waals surface area contributed by atoms with Crippen molar-refractivity contribution in [3.63, 3.8) is 0 Å². The third-order valence-corrected chi connectivity index (χ3v) is 2.15. The second kappa shape index (κ2) is 4.96. The molecule has 1 aromatic rings. The number of aromatic amines is 1. The molecule has 0 spiro atoms. The maximum absolute atomic E-state index is 11.6. The predicted molar refractivity (Wildman–Crippen MR) is 62.2 cm³/mol. The van der Waals surface area contributed by atoms with Crippen molar-refractivity contribution in [2.75, 3.05) is 11.4 Å². The minimum absolute atomic E-state index is 0.119. The number of rotatable bonds is 4. The molecule has 0 saturated heterocycles. The van der Waals surface area contributed by atoms with Crippen LogP contribution in [0.3, 0.4) is 0 Å². The molecule has 1 heterocycles. The molecule has 0 saturated carbocycles. The molecule has 0 radical (unpaired) electrons. The van der Waals surface area contributed by atoms with E-state index >= 15 is 0 Å². The molecular formula is C11H19N3O. The summed E-state index contributed by atoms with van der Waals surface area (Å²) in [4.78, 5) is 20.4. The van der Waals surface area contributed by atoms with E-state index in [1.165, 1.54) is 0 Å². The van der Waals surface area contributed by atoms with Crippen LogP contribution in [0, 0.1) is 5.92 Å². The van der Waals surface area contributed by atoms with Crippen LogP contribution < -0.4 is 10.5 Å². The first kappa shape index (κ1) is 11.8. The molecule has 0 aromatic carbocycles. The van der Waals surface area contributed by atoms with Gasteiger partial charge in [-0.3, -0.25) is 4.79 Å². The second-order valence-electron chi connectivity index (χ2n) is 4.38. The molecule has 1 rings (SSSR count). The molecule has 1 N–H and O–H groups in total. The summed E-state index contributed by atoms with van der Waals surface area (Å²) in [5.41, 5.74) is -0.119. The summed E-state index contributed by atoms with van der Waals surface area (Å²) < 4.78 is 0. The number of nitrogens with zero attached hydrogens (tertiary/aromatic N) is 2. The standard InChI is InChI=1S/C11H19N3O/c1-8(2)7-14(9(3)4)10-11(15)13-6-5-12-10/h5-6,8-9H,7H2,1-4H3,(H,13,15). The summed E-state index contributed by atoms with van der Waals surface area (Å²) in [7, 11) is 0. The van der Waals surface area contributed by atoms with Gasteiger partial charge in [0.05, 0.1) is 0 Å². The minimum atomic E-state index is -0.119. The zero-order chi connectivity index (χ0) is 11.4. The first-order valence-corrected chi connectivity index (χ1v) is 5.32. The van der Waals surface area contributed by atoms with Gasteiger partial charge in [0.1, 0.15) is 0 Å². The Kier molecular flexibility index (Phi) is 3.88. The van der Waals surface area contributed by atoms with Crippen molar-refractivity contribution >= 4 is 5.82 Å². The topological polar surface area (TPSA) is 49.0 Å². The minimum Gasteiger partial charge on any atom is -0.349 e. The van der Waals surface area contributed by atoms with E-state index in [1.807, 2.05) is 4.90 Å². The maximum Gasteiger partial charge on any atom is 0.290 e. The van der Waals surface area contributed by atoms with Gasteiger partial charge in [-0.05, 0) is 19.8 Å². The van der Waals surface area contributed by atoms with Crippen LogP contribution in [0.4, 0.5) is 5.82 Å². The molecule has 0 aliphatic carbocycles.